The Hall–Kier alpha value is -0.0400. The lowest BCUT2D eigenvalue weighted by Gasteiger charge is -2.00. The van der Waals surface area contributed by atoms with E-state index in [1.165, 1.54) is 0 Å². The minimum absolute atomic E-state index is 0.649. The lowest BCUT2D eigenvalue weighted by Crippen LogP contribution is -1.97. The van der Waals surface area contributed by atoms with E-state index in [-0.39, 0.29) is 0 Å². The van der Waals surface area contributed by atoms with E-state index in [9.17, 15) is 0 Å². The molecule has 0 amide bonds. The van der Waals surface area contributed by atoms with Crippen molar-refractivity contribution < 1.29 is 4.74 Å². The largest absolute Gasteiger partial charge is 0.376 e. The van der Waals surface area contributed by atoms with E-state index < -0.39 is 0 Å². The minimum Gasteiger partial charge on any atom is -0.376 e. The molecule has 0 aromatic rings. The molecule has 0 N–H and O–H groups in total. The van der Waals surface area contributed by atoms with Gasteiger partial charge < -0.3 is 4.74 Å². The topological polar surface area (TPSA) is 9.23 Å². The molecule has 0 fully saturated rings. The molecule has 0 saturated carbocycles. The van der Waals surface area contributed by atoms with Crippen molar-refractivity contribution in [3.05, 3.63) is 6.61 Å². The predicted molar refractivity (Wildman–Crippen MR) is 30.8 cm³/mol. The van der Waals surface area contributed by atoms with Gasteiger partial charge in [-0.1, -0.05) is 13.8 Å². The van der Waals surface area contributed by atoms with Crippen molar-refractivity contribution in [3.8, 4) is 0 Å². The first-order chi connectivity index (χ1) is 3.27. The normalized spacial score (nSPS) is 10.3. The summed E-state index contributed by atoms with van der Waals surface area (Å²) in [7, 11) is 0. The molecule has 0 rings (SSSR count). The zero-order valence-corrected chi connectivity index (χ0v) is 5.27. The molecule has 0 aliphatic rings. The van der Waals surface area contributed by atoms with E-state index in [1.54, 1.807) is 6.61 Å². The summed E-state index contributed by atoms with van der Waals surface area (Å²) in [4.78, 5) is 0. The van der Waals surface area contributed by atoms with E-state index in [4.69, 9.17) is 4.74 Å². The standard InChI is InChI=1S/C6H13O/c1-4-7-5-6(2)3/h4,6H,5H2,1-3H3. The van der Waals surface area contributed by atoms with Gasteiger partial charge in [-0.25, -0.2) is 0 Å². The summed E-state index contributed by atoms with van der Waals surface area (Å²) in [5.41, 5.74) is 0. The SMILES string of the molecule is C[CH]OCC(C)C. The fraction of sp³-hybridized carbons (Fsp3) is 0.833. The number of hydrogen-bond acceptors (Lipinski definition) is 1. The van der Waals surface area contributed by atoms with Crippen LogP contribution in [0.1, 0.15) is 20.8 Å². The first-order valence-corrected chi connectivity index (χ1v) is 2.66. The van der Waals surface area contributed by atoms with Gasteiger partial charge in [0.2, 0.25) is 0 Å². The third kappa shape index (κ3) is 5.96. The molecule has 0 atom stereocenters. The van der Waals surface area contributed by atoms with Crippen LogP contribution in [0, 0.1) is 12.5 Å². The maximum atomic E-state index is 4.97. The van der Waals surface area contributed by atoms with Crippen LogP contribution < -0.4 is 0 Å². The summed E-state index contributed by atoms with van der Waals surface area (Å²) in [5, 5.41) is 0. The van der Waals surface area contributed by atoms with Crippen LogP contribution in [0.3, 0.4) is 0 Å². The summed E-state index contributed by atoms with van der Waals surface area (Å²) >= 11 is 0. The molecule has 0 saturated heterocycles. The zero-order chi connectivity index (χ0) is 5.70. The summed E-state index contributed by atoms with van der Waals surface area (Å²) in [5.74, 6) is 0.649. The Labute approximate surface area is 45.7 Å². The summed E-state index contributed by atoms with van der Waals surface area (Å²) in [6.07, 6.45) is 0. The van der Waals surface area contributed by atoms with Crippen LogP contribution in [0.15, 0.2) is 0 Å². The second-order valence-electron chi connectivity index (χ2n) is 1.96. The van der Waals surface area contributed by atoms with Gasteiger partial charge in [0, 0.05) is 6.61 Å². The van der Waals surface area contributed by atoms with Crippen molar-refractivity contribution in [2.45, 2.75) is 20.8 Å². The molecule has 7 heavy (non-hydrogen) atoms. The van der Waals surface area contributed by atoms with Gasteiger partial charge in [-0.2, -0.15) is 0 Å². The Morgan fingerprint density at radius 2 is 2.14 bits per heavy atom. The number of hydrogen-bond donors (Lipinski definition) is 0. The van der Waals surface area contributed by atoms with Crippen LogP contribution in [-0.2, 0) is 4.74 Å². The molecule has 0 aromatic heterocycles. The second-order valence-corrected chi connectivity index (χ2v) is 1.96. The molecule has 0 aliphatic carbocycles. The van der Waals surface area contributed by atoms with Crippen molar-refractivity contribution in [2.24, 2.45) is 5.92 Å². The molecule has 43 valence electrons. The predicted octanol–water partition coefficient (Wildman–Crippen LogP) is 1.84. The Bertz CT molecular complexity index is 33.2. The number of ether oxygens (including phenoxy) is 1. The highest BCUT2D eigenvalue weighted by Gasteiger charge is 1.88. The Kier molecular flexibility index (Phi) is 4.10. The highest BCUT2D eigenvalue weighted by molar-refractivity contribution is 4.41. The molecular formula is C6H13O. The van der Waals surface area contributed by atoms with E-state index in [2.05, 4.69) is 13.8 Å². The van der Waals surface area contributed by atoms with Gasteiger partial charge in [-0.3, -0.25) is 0 Å². The van der Waals surface area contributed by atoms with E-state index in [0.717, 1.165) is 6.61 Å². The van der Waals surface area contributed by atoms with Gasteiger partial charge in [0.1, 0.15) is 0 Å². The van der Waals surface area contributed by atoms with Gasteiger partial charge >= 0.3 is 0 Å². The maximum Gasteiger partial charge on any atom is 0.0806 e. The maximum absolute atomic E-state index is 4.97. The average molecular weight is 101 g/mol. The van der Waals surface area contributed by atoms with E-state index in [0.29, 0.717) is 5.92 Å². The molecular weight excluding hydrogens is 88.1 g/mol. The summed E-state index contributed by atoms with van der Waals surface area (Å²) in [6, 6.07) is 0. The Morgan fingerprint density at radius 3 is 2.29 bits per heavy atom. The van der Waals surface area contributed by atoms with Crippen LogP contribution in [0.25, 0.3) is 0 Å². The van der Waals surface area contributed by atoms with Crippen LogP contribution in [0.4, 0.5) is 0 Å². The van der Waals surface area contributed by atoms with Crippen LogP contribution in [0.5, 0.6) is 0 Å². The quantitative estimate of drug-likeness (QED) is 0.527. The van der Waals surface area contributed by atoms with E-state index in [1.807, 2.05) is 6.92 Å². The van der Waals surface area contributed by atoms with Crippen molar-refractivity contribution in [1.82, 2.24) is 0 Å². The third-order valence-electron chi connectivity index (χ3n) is 0.596. The van der Waals surface area contributed by atoms with Crippen molar-refractivity contribution in [3.63, 3.8) is 0 Å². The highest BCUT2D eigenvalue weighted by atomic mass is 16.5. The lowest BCUT2D eigenvalue weighted by atomic mass is 10.2. The van der Waals surface area contributed by atoms with E-state index >= 15 is 0 Å². The monoisotopic (exact) mass is 101 g/mol. The van der Waals surface area contributed by atoms with Crippen molar-refractivity contribution >= 4 is 0 Å². The summed E-state index contributed by atoms with van der Waals surface area (Å²) in [6.45, 7) is 8.71. The smallest absolute Gasteiger partial charge is 0.0806 e. The van der Waals surface area contributed by atoms with Crippen molar-refractivity contribution in [1.29, 1.82) is 0 Å². The van der Waals surface area contributed by atoms with Gasteiger partial charge in [0.05, 0.1) is 6.61 Å². The van der Waals surface area contributed by atoms with Crippen LogP contribution >= 0.6 is 0 Å². The Morgan fingerprint density at radius 1 is 1.57 bits per heavy atom. The molecule has 0 aromatic carbocycles. The first kappa shape index (κ1) is 6.96. The molecule has 0 aliphatic heterocycles. The fourth-order valence-corrected chi connectivity index (χ4v) is 0.289. The summed E-state index contributed by atoms with van der Waals surface area (Å²) < 4.78 is 4.97. The number of rotatable bonds is 3. The second kappa shape index (κ2) is 4.13. The van der Waals surface area contributed by atoms with Gasteiger partial charge in [-0.05, 0) is 12.8 Å². The molecule has 0 spiro atoms. The lowest BCUT2D eigenvalue weighted by molar-refractivity contribution is 0.172. The zero-order valence-electron chi connectivity index (χ0n) is 5.27. The van der Waals surface area contributed by atoms with Gasteiger partial charge in [-0.15, -0.1) is 0 Å². The van der Waals surface area contributed by atoms with Gasteiger partial charge in [0.25, 0.3) is 0 Å². The first-order valence-electron chi connectivity index (χ1n) is 2.66. The Balaban J connectivity index is 2.68. The molecule has 1 heteroatoms. The molecule has 1 nitrogen and oxygen atoms in total. The third-order valence-corrected chi connectivity index (χ3v) is 0.596. The fourth-order valence-electron chi connectivity index (χ4n) is 0.289. The van der Waals surface area contributed by atoms with Crippen molar-refractivity contribution in [2.75, 3.05) is 6.61 Å². The molecule has 0 heterocycles. The molecule has 0 bridgehead atoms. The molecule has 1 radical (unpaired) electrons. The van der Waals surface area contributed by atoms with Crippen LogP contribution in [-0.4, -0.2) is 6.61 Å². The minimum atomic E-state index is 0.649. The highest BCUT2D eigenvalue weighted by Crippen LogP contribution is 1.92. The van der Waals surface area contributed by atoms with Crippen LogP contribution in [0.2, 0.25) is 0 Å². The average Bonchev–Trinajstić information content (AvgIpc) is 1.61. The molecule has 0 unspecified atom stereocenters. The van der Waals surface area contributed by atoms with Gasteiger partial charge in [0.15, 0.2) is 0 Å².